The number of benzene rings is 1. The number of rotatable bonds is 4. The van der Waals surface area contributed by atoms with Crippen LogP contribution in [0.5, 0.6) is 0 Å². The molecule has 1 aromatic carbocycles. The highest BCUT2D eigenvalue weighted by Crippen LogP contribution is 2.20. The predicted molar refractivity (Wildman–Crippen MR) is 69.7 cm³/mol. The fraction of sp³-hybridized carbons (Fsp3) is 0.214. The summed E-state index contributed by atoms with van der Waals surface area (Å²) in [5.74, 6) is -1.29. The zero-order chi connectivity index (χ0) is 13.8. The molecule has 0 aliphatic carbocycles. The van der Waals surface area contributed by atoms with E-state index < -0.39 is 11.6 Å². The Bertz CT molecular complexity index is 617. The van der Waals surface area contributed by atoms with Crippen molar-refractivity contribution >= 4 is 0 Å². The van der Waals surface area contributed by atoms with Crippen LogP contribution in [0.4, 0.5) is 8.78 Å². The van der Waals surface area contributed by atoms with E-state index >= 15 is 0 Å². The van der Waals surface area contributed by atoms with Crippen LogP contribution in [0.15, 0.2) is 41.3 Å². The minimum atomic E-state index is -0.644. The molecule has 0 aliphatic rings. The summed E-state index contributed by atoms with van der Waals surface area (Å²) in [6, 6.07) is 6.21. The Labute approximate surface area is 109 Å². The van der Waals surface area contributed by atoms with Crippen molar-refractivity contribution in [1.29, 1.82) is 0 Å². The van der Waals surface area contributed by atoms with E-state index in [1.807, 2.05) is 0 Å². The number of hydrogen-bond acceptors (Lipinski definition) is 2. The molecular formula is C14H14F2N2O. The third-order valence-corrected chi connectivity index (χ3v) is 2.78. The summed E-state index contributed by atoms with van der Waals surface area (Å²) in [6.45, 7) is 0.965. The average Bonchev–Trinajstić information content (AvgIpc) is 2.36. The summed E-state index contributed by atoms with van der Waals surface area (Å²) in [6.07, 6.45) is 2.26. The molecule has 5 heteroatoms. The van der Waals surface area contributed by atoms with Gasteiger partial charge in [0.2, 0.25) is 0 Å². The van der Waals surface area contributed by atoms with E-state index in [2.05, 4.69) is 0 Å². The quantitative estimate of drug-likeness (QED) is 0.919. The SMILES string of the molecule is NCCCn1cc(-c2cc(F)cc(F)c2)ccc1=O. The topological polar surface area (TPSA) is 48.0 Å². The lowest BCUT2D eigenvalue weighted by Crippen LogP contribution is -2.20. The molecule has 0 bridgehead atoms. The maximum absolute atomic E-state index is 13.2. The van der Waals surface area contributed by atoms with Gasteiger partial charge in [-0.05, 0) is 42.3 Å². The molecule has 3 nitrogen and oxygen atoms in total. The van der Waals surface area contributed by atoms with Crippen molar-refractivity contribution < 1.29 is 8.78 Å². The number of halogens is 2. The van der Waals surface area contributed by atoms with E-state index in [4.69, 9.17) is 5.73 Å². The number of pyridine rings is 1. The van der Waals surface area contributed by atoms with E-state index in [-0.39, 0.29) is 5.56 Å². The molecule has 1 heterocycles. The Morgan fingerprint density at radius 1 is 1.05 bits per heavy atom. The minimum absolute atomic E-state index is 0.158. The molecule has 2 N–H and O–H groups in total. The van der Waals surface area contributed by atoms with Crippen molar-refractivity contribution in [3.05, 3.63) is 58.5 Å². The number of aromatic nitrogens is 1. The zero-order valence-corrected chi connectivity index (χ0v) is 10.3. The molecular weight excluding hydrogens is 250 g/mol. The summed E-state index contributed by atoms with van der Waals surface area (Å²) in [5, 5.41) is 0. The summed E-state index contributed by atoms with van der Waals surface area (Å²) < 4.78 is 27.8. The van der Waals surface area contributed by atoms with Crippen LogP contribution in [0.2, 0.25) is 0 Å². The standard InChI is InChI=1S/C14H14F2N2O/c15-12-6-11(7-13(16)8-12)10-2-3-14(19)18(9-10)5-1-4-17/h2-3,6-9H,1,4-5,17H2. The second-order valence-electron chi connectivity index (χ2n) is 4.25. The normalized spacial score (nSPS) is 10.7. The highest BCUT2D eigenvalue weighted by molar-refractivity contribution is 5.62. The van der Waals surface area contributed by atoms with Crippen LogP contribution in [-0.2, 0) is 6.54 Å². The van der Waals surface area contributed by atoms with Gasteiger partial charge in [-0.3, -0.25) is 4.79 Å². The molecule has 1 aromatic heterocycles. The number of nitrogens with zero attached hydrogens (tertiary/aromatic N) is 1. The molecule has 19 heavy (non-hydrogen) atoms. The first-order valence-corrected chi connectivity index (χ1v) is 5.97. The van der Waals surface area contributed by atoms with Crippen molar-refractivity contribution in [3.8, 4) is 11.1 Å². The second kappa shape index (κ2) is 5.75. The van der Waals surface area contributed by atoms with Crippen molar-refractivity contribution in [2.24, 2.45) is 5.73 Å². The molecule has 0 spiro atoms. The average molecular weight is 264 g/mol. The third-order valence-electron chi connectivity index (χ3n) is 2.78. The largest absolute Gasteiger partial charge is 0.330 e. The predicted octanol–water partition coefficient (Wildman–Crippen LogP) is 2.14. The van der Waals surface area contributed by atoms with Gasteiger partial charge in [0, 0.05) is 24.9 Å². The number of aryl methyl sites for hydroxylation is 1. The monoisotopic (exact) mass is 264 g/mol. The molecule has 0 radical (unpaired) electrons. The number of hydrogen-bond donors (Lipinski definition) is 1. The highest BCUT2D eigenvalue weighted by atomic mass is 19.1. The van der Waals surface area contributed by atoms with Gasteiger partial charge in [-0.15, -0.1) is 0 Å². The van der Waals surface area contributed by atoms with Gasteiger partial charge in [-0.2, -0.15) is 0 Å². The lowest BCUT2D eigenvalue weighted by molar-refractivity contribution is 0.584. The maximum atomic E-state index is 13.2. The van der Waals surface area contributed by atoms with Gasteiger partial charge in [0.1, 0.15) is 11.6 Å². The van der Waals surface area contributed by atoms with Gasteiger partial charge in [-0.25, -0.2) is 8.78 Å². The summed E-state index contributed by atoms with van der Waals surface area (Å²) in [5.41, 5.74) is 6.24. The Morgan fingerprint density at radius 2 is 1.74 bits per heavy atom. The van der Waals surface area contributed by atoms with Crippen molar-refractivity contribution in [3.63, 3.8) is 0 Å². The van der Waals surface area contributed by atoms with Gasteiger partial charge >= 0.3 is 0 Å². The van der Waals surface area contributed by atoms with Crippen molar-refractivity contribution in [2.75, 3.05) is 6.54 Å². The molecule has 0 saturated heterocycles. The van der Waals surface area contributed by atoms with E-state index in [0.717, 1.165) is 6.07 Å². The van der Waals surface area contributed by atoms with Crippen LogP contribution in [0.25, 0.3) is 11.1 Å². The lowest BCUT2D eigenvalue weighted by Gasteiger charge is -2.08. The van der Waals surface area contributed by atoms with Gasteiger partial charge < -0.3 is 10.3 Å². The molecule has 0 fully saturated rings. The first kappa shape index (κ1) is 13.4. The third kappa shape index (κ3) is 3.26. The van der Waals surface area contributed by atoms with E-state index in [9.17, 15) is 13.6 Å². The van der Waals surface area contributed by atoms with Crippen molar-refractivity contribution in [1.82, 2.24) is 4.57 Å². The summed E-state index contributed by atoms with van der Waals surface area (Å²) in [7, 11) is 0. The van der Waals surface area contributed by atoms with Crippen LogP contribution in [-0.4, -0.2) is 11.1 Å². The van der Waals surface area contributed by atoms with Gasteiger partial charge in [0.05, 0.1) is 0 Å². The summed E-state index contributed by atoms with van der Waals surface area (Å²) >= 11 is 0. The maximum Gasteiger partial charge on any atom is 0.250 e. The Kier molecular flexibility index (Phi) is 4.06. The fourth-order valence-electron chi connectivity index (χ4n) is 1.86. The van der Waals surface area contributed by atoms with Crippen molar-refractivity contribution in [2.45, 2.75) is 13.0 Å². The van der Waals surface area contributed by atoms with Crippen LogP contribution in [0, 0.1) is 11.6 Å². The minimum Gasteiger partial charge on any atom is -0.330 e. The smallest absolute Gasteiger partial charge is 0.250 e. The molecule has 0 atom stereocenters. The van der Waals surface area contributed by atoms with Gasteiger partial charge in [-0.1, -0.05) is 0 Å². The molecule has 2 rings (SSSR count). The fourth-order valence-corrected chi connectivity index (χ4v) is 1.86. The molecule has 0 unspecified atom stereocenters. The van der Waals surface area contributed by atoms with E-state index in [1.54, 1.807) is 12.3 Å². The molecule has 0 amide bonds. The molecule has 0 aliphatic heterocycles. The van der Waals surface area contributed by atoms with Crippen LogP contribution in [0.3, 0.4) is 0 Å². The van der Waals surface area contributed by atoms with Gasteiger partial charge in [0.15, 0.2) is 0 Å². The van der Waals surface area contributed by atoms with E-state index in [1.165, 1.54) is 22.8 Å². The second-order valence-corrected chi connectivity index (χ2v) is 4.25. The Hall–Kier alpha value is -2.01. The van der Waals surface area contributed by atoms with Gasteiger partial charge in [0.25, 0.3) is 5.56 Å². The highest BCUT2D eigenvalue weighted by Gasteiger charge is 2.05. The lowest BCUT2D eigenvalue weighted by atomic mass is 10.1. The first-order chi connectivity index (χ1) is 9.10. The van der Waals surface area contributed by atoms with Crippen LogP contribution < -0.4 is 11.3 Å². The zero-order valence-electron chi connectivity index (χ0n) is 10.3. The van der Waals surface area contributed by atoms with Crippen LogP contribution >= 0.6 is 0 Å². The molecule has 0 saturated carbocycles. The molecule has 2 aromatic rings. The first-order valence-electron chi connectivity index (χ1n) is 5.97. The summed E-state index contributed by atoms with van der Waals surface area (Å²) in [4.78, 5) is 11.6. The van der Waals surface area contributed by atoms with Crippen LogP contribution in [0.1, 0.15) is 6.42 Å². The number of nitrogens with two attached hydrogens (primary N) is 1. The molecule has 100 valence electrons. The Balaban J connectivity index is 2.42. The Morgan fingerprint density at radius 3 is 2.37 bits per heavy atom. The van der Waals surface area contributed by atoms with E-state index in [0.29, 0.717) is 30.6 Å².